The van der Waals surface area contributed by atoms with Crippen molar-refractivity contribution in [1.82, 2.24) is 0 Å². The van der Waals surface area contributed by atoms with Crippen LogP contribution in [-0.4, -0.2) is 13.9 Å². The molecule has 0 unspecified atom stereocenters. The number of rotatable bonds is 4. The summed E-state index contributed by atoms with van der Waals surface area (Å²) >= 11 is 7.01. The molecular weight excluding hydrogens is 360 g/mol. The molecule has 0 radical (unpaired) electrons. The van der Waals surface area contributed by atoms with Gasteiger partial charge in [0.25, 0.3) is 0 Å². The highest BCUT2D eigenvalue weighted by molar-refractivity contribution is 9.11. The fourth-order valence-corrected chi connectivity index (χ4v) is 3.00. The fourth-order valence-electron chi connectivity index (χ4n) is 1.66. The highest BCUT2D eigenvalue weighted by atomic mass is 79.9. The van der Waals surface area contributed by atoms with Crippen LogP contribution in [0.4, 0.5) is 0 Å². The minimum Gasteiger partial charge on any atom is -0.466 e. The summed E-state index contributed by atoms with van der Waals surface area (Å²) in [4.78, 5) is 0. The second-order valence-electron chi connectivity index (χ2n) is 3.68. The number of methoxy groups -OCH3 is 1. The molecule has 2 rings (SSSR count). The van der Waals surface area contributed by atoms with Crippen LogP contribution in [0, 0.1) is 0 Å². The van der Waals surface area contributed by atoms with E-state index in [1.54, 1.807) is 7.11 Å². The van der Waals surface area contributed by atoms with E-state index in [0.717, 1.165) is 25.8 Å². The lowest BCUT2D eigenvalue weighted by Crippen LogP contribution is -2.01. The van der Waals surface area contributed by atoms with Gasteiger partial charge < -0.3 is 9.47 Å². The number of halogens is 2. The first-order valence-corrected chi connectivity index (χ1v) is 6.97. The third kappa shape index (κ3) is 3.13. The van der Waals surface area contributed by atoms with Gasteiger partial charge in [-0.05, 0) is 33.6 Å². The molecule has 0 aliphatic heterocycles. The lowest BCUT2D eigenvalue weighted by atomic mass is 10.1. The first-order chi connectivity index (χ1) is 8.72. The SMILES string of the molecule is COCOc1c(Br)cc(Br)cc1-c1ccccc1. The van der Waals surface area contributed by atoms with Crippen molar-refractivity contribution in [3.8, 4) is 16.9 Å². The van der Waals surface area contributed by atoms with Crippen molar-refractivity contribution in [1.29, 1.82) is 0 Å². The summed E-state index contributed by atoms with van der Waals surface area (Å²) in [5.41, 5.74) is 2.12. The van der Waals surface area contributed by atoms with E-state index in [9.17, 15) is 0 Å². The van der Waals surface area contributed by atoms with Crippen molar-refractivity contribution in [3.05, 3.63) is 51.4 Å². The van der Waals surface area contributed by atoms with Crippen molar-refractivity contribution in [3.63, 3.8) is 0 Å². The summed E-state index contributed by atoms with van der Waals surface area (Å²) in [7, 11) is 1.61. The van der Waals surface area contributed by atoms with Crippen LogP contribution in [0.1, 0.15) is 0 Å². The molecule has 2 aromatic rings. The van der Waals surface area contributed by atoms with Crippen molar-refractivity contribution in [2.45, 2.75) is 0 Å². The zero-order chi connectivity index (χ0) is 13.0. The largest absolute Gasteiger partial charge is 0.466 e. The van der Waals surface area contributed by atoms with Gasteiger partial charge in [-0.15, -0.1) is 0 Å². The zero-order valence-electron chi connectivity index (χ0n) is 9.82. The Morgan fingerprint density at radius 1 is 1.06 bits per heavy atom. The highest BCUT2D eigenvalue weighted by Gasteiger charge is 2.11. The minimum absolute atomic E-state index is 0.222. The molecular formula is C14H12Br2O2. The van der Waals surface area contributed by atoms with Crippen LogP contribution in [0.5, 0.6) is 5.75 Å². The molecule has 2 aromatic carbocycles. The van der Waals surface area contributed by atoms with Crippen LogP contribution in [-0.2, 0) is 4.74 Å². The third-order valence-electron chi connectivity index (χ3n) is 2.41. The maximum atomic E-state index is 5.64. The summed E-state index contributed by atoms with van der Waals surface area (Å²) in [6, 6.07) is 14.1. The van der Waals surface area contributed by atoms with Gasteiger partial charge in [-0.2, -0.15) is 0 Å². The molecule has 94 valence electrons. The molecule has 4 heteroatoms. The summed E-state index contributed by atoms with van der Waals surface area (Å²) < 4.78 is 12.5. The predicted octanol–water partition coefficient (Wildman–Crippen LogP) is 4.86. The molecule has 0 heterocycles. The number of hydrogen-bond donors (Lipinski definition) is 0. The van der Waals surface area contributed by atoms with Gasteiger partial charge in [0.1, 0.15) is 5.75 Å². The van der Waals surface area contributed by atoms with Crippen LogP contribution < -0.4 is 4.74 Å². The van der Waals surface area contributed by atoms with Gasteiger partial charge in [-0.3, -0.25) is 0 Å². The van der Waals surface area contributed by atoms with E-state index in [-0.39, 0.29) is 6.79 Å². The fraction of sp³-hybridized carbons (Fsp3) is 0.143. The van der Waals surface area contributed by atoms with Gasteiger partial charge in [-0.25, -0.2) is 0 Å². The molecule has 0 fully saturated rings. The quantitative estimate of drug-likeness (QED) is 0.714. The van der Waals surface area contributed by atoms with Gasteiger partial charge in [0.2, 0.25) is 0 Å². The molecule has 0 saturated heterocycles. The van der Waals surface area contributed by atoms with Crippen LogP contribution >= 0.6 is 31.9 Å². The van der Waals surface area contributed by atoms with Crippen LogP contribution in [0.15, 0.2) is 51.4 Å². The van der Waals surface area contributed by atoms with Gasteiger partial charge in [0.05, 0.1) is 4.47 Å². The van der Waals surface area contributed by atoms with E-state index in [1.807, 2.05) is 42.5 Å². The van der Waals surface area contributed by atoms with E-state index in [4.69, 9.17) is 9.47 Å². The molecule has 0 aliphatic carbocycles. The summed E-state index contributed by atoms with van der Waals surface area (Å²) in [6.07, 6.45) is 0. The number of benzene rings is 2. The van der Waals surface area contributed by atoms with Gasteiger partial charge in [0.15, 0.2) is 6.79 Å². The molecule has 2 nitrogen and oxygen atoms in total. The second kappa shape index (κ2) is 6.36. The monoisotopic (exact) mass is 370 g/mol. The molecule has 0 amide bonds. The average molecular weight is 372 g/mol. The third-order valence-corrected chi connectivity index (χ3v) is 3.46. The van der Waals surface area contributed by atoms with Crippen molar-refractivity contribution < 1.29 is 9.47 Å². The van der Waals surface area contributed by atoms with E-state index in [0.29, 0.717) is 0 Å². The van der Waals surface area contributed by atoms with Crippen LogP contribution in [0.3, 0.4) is 0 Å². The zero-order valence-corrected chi connectivity index (χ0v) is 13.0. The first-order valence-electron chi connectivity index (χ1n) is 5.38. The maximum Gasteiger partial charge on any atom is 0.188 e. The molecule has 0 N–H and O–H groups in total. The van der Waals surface area contributed by atoms with Gasteiger partial charge in [0, 0.05) is 17.1 Å². The Bertz CT molecular complexity index is 527. The molecule has 18 heavy (non-hydrogen) atoms. The van der Waals surface area contributed by atoms with Crippen molar-refractivity contribution in [2.75, 3.05) is 13.9 Å². The smallest absolute Gasteiger partial charge is 0.188 e. The Balaban J connectivity index is 2.50. The number of hydrogen-bond acceptors (Lipinski definition) is 2. The lowest BCUT2D eigenvalue weighted by Gasteiger charge is -2.13. The minimum atomic E-state index is 0.222. The highest BCUT2D eigenvalue weighted by Crippen LogP contribution is 2.39. The Morgan fingerprint density at radius 2 is 1.78 bits per heavy atom. The average Bonchev–Trinajstić information content (AvgIpc) is 2.38. The van der Waals surface area contributed by atoms with Crippen molar-refractivity contribution >= 4 is 31.9 Å². The maximum absolute atomic E-state index is 5.64. The Kier molecular flexibility index (Phi) is 4.80. The van der Waals surface area contributed by atoms with Crippen LogP contribution in [0.2, 0.25) is 0 Å². The van der Waals surface area contributed by atoms with Gasteiger partial charge in [-0.1, -0.05) is 46.3 Å². The molecule has 0 aromatic heterocycles. The topological polar surface area (TPSA) is 18.5 Å². The summed E-state index contributed by atoms with van der Waals surface area (Å²) in [5.74, 6) is 0.784. The van der Waals surface area contributed by atoms with E-state index in [1.165, 1.54) is 0 Å². The standard InChI is InChI=1S/C14H12Br2O2/c1-17-9-18-14-12(7-11(15)8-13(14)16)10-5-3-2-4-6-10/h2-8H,9H2,1H3. The summed E-state index contributed by atoms with van der Waals surface area (Å²) in [6.45, 7) is 0.222. The van der Waals surface area contributed by atoms with E-state index < -0.39 is 0 Å². The number of ether oxygens (including phenoxy) is 2. The molecule has 0 spiro atoms. The Hall–Kier alpha value is -0.840. The molecule has 0 saturated carbocycles. The van der Waals surface area contributed by atoms with Crippen molar-refractivity contribution in [2.24, 2.45) is 0 Å². The summed E-state index contributed by atoms with van der Waals surface area (Å²) in [5, 5.41) is 0. The first kappa shape index (κ1) is 13.6. The normalized spacial score (nSPS) is 10.4. The molecule has 0 bridgehead atoms. The Labute approximate surface area is 123 Å². The molecule has 0 aliphatic rings. The lowest BCUT2D eigenvalue weighted by molar-refractivity contribution is 0.0510. The van der Waals surface area contributed by atoms with E-state index in [2.05, 4.69) is 31.9 Å². The second-order valence-corrected chi connectivity index (χ2v) is 5.45. The Morgan fingerprint density at radius 3 is 2.44 bits per heavy atom. The van der Waals surface area contributed by atoms with Gasteiger partial charge >= 0.3 is 0 Å². The van der Waals surface area contributed by atoms with Crippen LogP contribution in [0.25, 0.3) is 11.1 Å². The van der Waals surface area contributed by atoms with E-state index >= 15 is 0 Å². The predicted molar refractivity (Wildman–Crippen MR) is 79.8 cm³/mol. The molecule has 0 atom stereocenters.